The van der Waals surface area contributed by atoms with Gasteiger partial charge in [-0.25, -0.2) is 5.43 Å². The zero-order chi connectivity index (χ0) is 24.2. The van der Waals surface area contributed by atoms with E-state index in [-0.39, 0.29) is 5.75 Å². The zero-order valence-electron chi connectivity index (χ0n) is 19.3. The molecule has 1 aromatic heterocycles. The van der Waals surface area contributed by atoms with Crippen molar-refractivity contribution in [3.8, 4) is 5.75 Å². The largest absolute Gasteiger partial charge is 0.506 e. The van der Waals surface area contributed by atoms with Crippen molar-refractivity contribution in [2.75, 3.05) is 28.7 Å². The number of halogens is 2. The molecule has 8 nitrogen and oxygen atoms in total. The van der Waals surface area contributed by atoms with E-state index in [0.29, 0.717) is 33.8 Å². The quantitative estimate of drug-likeness (QED) is 0.235. The first-order valence-corrected chi connectivity index (χ1v) is 12.7. The lowest BCUT2D eigenvalue weighted by atomic mass is 10.00. The molecule has 1 fully saturated rings. The molecule has 0 aliphatic carbocycles. The molecule has 1 aliphatic heterocycles. The van der Waals surface area contributed by atoms with Gasteiger partial charge < -0.3 is 15.3 Å². The third-order valence-electron chi connectivity index (χ3n) is 5.97. The molecule has 2 aromatic carbocycles. The molecule has 0 radical (unpaired) electrons. The minimum atomic E-state index is 0.102. The van der Waals surface area contributed by atoms with Gasteiger partial charge in [0.05, 0.1) is 10.7 Å². The normalized spacial score (nSPS) is 14.6. The summed E-state index contributed by atoms with van der Waals surface area (Å²) in [6.07, 6.45) is 3.72. The predicted octanol–water partition coefficient (Wildman–Crippen LogP) is 6.14. The maximum atomic E-state index is 10.3. The van der Waals surface area contributed by atoms with Gasteiger partial charge in [0.25, 0.3) is 0 Å². The second-order valence-corrected chi connectivity index (χ2v) is 10.3. The number of phenols is 1. The summed E-state index contributed by atoms with van der Waals surface area (Å²) >= 11 is 6.76. The van der Waals surface area contributed by atoms with Gasteiger partial charge in [0, 0.05) is 28.8 Å². The van der Waals surface area contributed by atoms with Crippen LogP contribution in [0.15, 0.2) is 44.4 Å². The van der Waals surface area contributed by atoms with Crippen LogP contribution in [0.1, 0.15) is 36.5 Å². The molecule has 0 saturated carbocycles. The Morgan fingerprint density at radius 1 is 1.09 bits per heavy atom. The minimum absolute atomic E-state index is 0.102. The van der Waals surface area contributed by atoms with Gasteiger partial charge >= 0.3 is 0 Å². The Hall–Kier alpha value is -2.72. The number of rotatable bonds is 6. The van der Waals surface area contributed by atoms with Crippen LogP contribution in [0.4, 0.5) is 23.5 Å². The fourth-order valence-electron chi connectivity index (χ4n) is 3.67. The van der Waals surface area contributed by atoms with Crippen LogP contribution >= 0.6 is 31.9 Å². The third kappa shape index (κ3) is 5.85. The van der Waals surface area contributed by atoms with Gasteiger partial charge in [0.1, 0.15) is 5.75 Å². The first-order chi connectivity index (χ1) is 16.3. The highest BCUT2D eigenvalue weighted by molar-refractivity contribution is 9.11. The van der Waals surface area contributed by atoms with E-state index in [2.05, 4.69) is 89.4 Å². The zero-order valence-corrected chi connectivity index (χ0v) is 22.5. The molecule has 10 heteroatoms. The summed E-state index contributed by atoms with van der Waals surface area (Å²) in [5, 5.41) is 17.9. The van der Waals surface area contributed by atoms with Gasteiger partial charge in [-0.05, 0) is 77.9 Å². The molecule has 1 saturated heterocycles. The van der Waals surface area contributed by atoms with Crippen LogP contribution in [0.25, 0.3) is 0 Å². The van der Waals surface area contributed by atoms with Crippen LogP contribution < -0.4 is 15.6 Å². The number of aromatic nitrogens is 3. The highest BCUT2D eigenvalue weighted by Crippen LogP contribution is 2.31. The summed E-state index contributed by atoms with van der Waals surface area (Å²) in [7, 11) is 0. The highest BCUT2D eigenvalue weighted by Gasteiger charge is 2.20. The minimum Gasteiger partial charge on any atom is -0.506 e. The Bertz CT molecular complexity index is 1210. The molecule has 0 spiro atoms. The Labute approximate surface area is 216 Å². The predicted molar refractivity (Wildman–Crippen MR) is 144 cm³/mol. The van der Waals surface area contributed by atoms with Gasteiger partial charge in [-0.3, -0.25) is 0 Å². The maximum Gasteiger partial charge on any atom is 0.250 e. The molecular formula is C24H27Br2N7O. The van der Waals surface area contributed by atoms with Gasteiger partial charge in [-0.2, -0.15) is 20.1 Å². The molecule has 3 N–H and O–H groups in total. The van der Waals surface area contributed by atoms with Crippen LogP contribution in [0.5, 0.6) is 5.75 Å². The van der Waals surface area contributed by atoms with Gasteiger partial charge in [-0.1, -0.05) is 35.0 Å². The van der Waals surface area contributed by atoms with Crippen LogP contribution in [-0.4, -0.2) is 39.4 Å². The lowest BCUT2D eigenvalue weighted by Crippen LogP contribution is -2.34. The first kappa shape index (κ1) is 24.4. The molecule has 1 aliphatic rings. The number of nitrogens with one attached hydrogen (secondary N) is 2. The number of aromatic hydroxyl groups is 1. The highest BCUT2D eigenvalue weighted by atomic mass is 79.9. The molecule has 4 rings (SSSR count). The molecule has 0 amide bonds. The smallest absolute Gasteiger partial charge is 0.250 e. The molecule has 0 atom stereocenters. The Morgan fingerprint density at radius 3 is 2.59 bits per heavy atom. The van der Waals surface area contributed by atoms with E-state index in [9.17, 15) is 5.11 Å². The number of piperidine rings is 1. The van der Waals surface area contributed by atoms with Crippen molar-refractivity contribution >= 4 is 61.6 Å². The number of anilines is 4. The third-order valence-corrected chi connectivity index (χ3v) is 7.03. The lowest BCUT2D eigenvalue weighted by Gasteiger charge is -2.30. The van der Waals surface area contributed by atoms with Crippen LogP contribution in [0.2, 0.25) is 0 Å². The van der Waals surface area contributed by atoms with E-state index in [4.69, 9.17) is 4.98 Å². The van der Waals surface area contributed by atoms with E-state index < -0.39 is 0 Å². The van der Waals surface area contributed by atoms with Crippen molar-refractivity contribution in [3.05, 3.63) is 56.0 Å². The summed E-state index contributed by atoms with van der Waals surface area (Å²) in [5.41, 5.74) is 6.71. The van der Waals surface area contributed by atoms with E-state index in [0.717, 1.165) is 41.7 Å². The summed E-state index contributed by atoms with van der Waals surface area (Å²) in [6.45, 7) is 8.21. The standard InChI is InChI=1S/C24H27Br2N7O/c1-14-7-9-33(10-8-14)24-30-22(28-20-6-4-5-15(2)16(20)3)29-23(31-24)32-27-13-17-11-18(25)12-19(26)21(17)34/h4-6,11-14,34H,7-10H2,1-3H3,(H2,28,29,30,31,32)/b27-13+. The number of hydrogen-bond acceptors (Lipinski definition) is 8. The second kappa shape index (κ2) is 10.7. The van der Waals surface area contributed by atoms with Crippen molar-refractivity contribution in [3.63, 3.8) is 0 Å². The van der Waals surface area contributed by atoms with Crippen molar-refractivity contribution in [1.29, 1.82) is 0 Å². The van der Waals surface area contributed by atoms with E-state index in [1.54, 1.807) is 12.1 Å². The first-order valence-electron chi connectivity index (χ1n) is 11.1. The molecule has 2 heterocycles. The number of benzene rings is 2. The van der Waals surface area contributed by atoms with E-state index >= 15 is 0 Å². The molecule has 0 unspecified atom stereocenters. The number of aryl methyl sites for hydroxylation is 1. The number of hydrogen-bond donors (Lipinski definition) is 3. The van der Waals surface area contributed by atoms with Crippen LogP contribution in [-0.2, 0) is 0 Å². The Kier molecular flexibility index (Phi) is 7.67. The molecule has 3 aromatic rings. The summed E-state index contributed by atoms with van der Waals surface area (Å²) in [4.78, 5) is 16.0. The maximum absolute atomic E-state index is 10.3. The fraction of sp³-hybridized carbons (Fsp3) is 0.333. The van der Waals surface area contributed by atoms with E-state index in [1.807, 2.05) is 12.1 Å². The van der Waals surface area contributed by atoms with E-state index in [1.165, 1.54) is 11.8 Å². The summed E-state index contributed by atoms with van der Waals surface area (Å²) < 4.78 is 1.39. The number of hydrazone groups is 1. The second-order valence-electron chi connectivity index (χ2n) is 8.52. The van der Waals surface area contributed by atoms with Gasteiger partial charge in [-0.15, -0.1) is 0 Å². The topological polar surface area (TPSA) is 98.6 Å². The van der Waals surface area contributed by atoms with Crippen LogP contribution in [0, 0.1) is 19.8 Å². The Morgan fingerprint density at radius 2 is 1.82 bits per heavy atom. The van der Waals surface area contributed by atoms with Gasteiger partial charge in [0.15, 0.2) is 0 Å². The SMILES string of the molecule is Cc1cccc(Nc2nc(N/N=C/c3cc(Br)cc(Br)c3O)nc(N3CCC(C)CC3)n2)c1C. The molecule has 34 heavy (non-hydrogen) atoms. The van der Waals surface area contributed by atoms with Crippen molar-refractivity contribution in [2.24, 2.45) is 11.0 Å². The number of phenolic OH excluding ortho intramolecular Hbond substituents is 1. The Balaban J connectivity index is 1.62. The average Bonchev–Trinajstić information content (AvgIpc) is 2.80. The van der Waals surface area contributed by atoms with Crippen molar-refractivity contribution in [2.45, 2.75) is 33.6 Å². The van der Waals surface area contributed by atoms with Crippen molar-refractivity contribution < 1.29 is 5.11 Å². The lowest BCUT2D eigenvalue weighted by molar-refractivity contribution is 0.434. The summed E-state index contributed by atoms with van der Waals surface area (Å²) in [6, 6.07) is 9.62. The van der Waals surface area contributed by atoms with Crippen molar-refractivity contribution in [1.82, 2.24) is 15.0 Å². The fourth-order valence-corrected chi connectivity index (χ4v) is 4.93. The summed E-state index contributed by atoms with van der Waals surface area (Å²) in [5.74, 6) is 2.18. The van der Waals surface area contributed by atoms with Gasteiger partial charge in [0.2, 0.25) is 17.8 Å². The monoisotopic (exact) mass is 587 g/mol. The molecular weight excluding hydrogens is 562 g/mol. The number of nitrogens with zero attached hydrogens (tertiary/aromatic N) is 5. The molecule has 0 bridgehead atoms. The molecule has 178 valence electrons. The van der Waals surface area contributed by atoms with Crippen LogP contribution in [0.3, 0.4) is 0 Å². The average molecular weight is 589 g/mol.